The average molecular weight is 272 g/mol. The van der Waals surface area contributed by atoms with Crippen molar-refractivity contribution >= 4 is 27.4 Å². The zero-order chi connectivity index (χ0) is 13.2. The van der Waals surface area contributed by atoms with Gasteiger partial charge in [-0.2, -0.15) is 0 Å². The van der Waals surface area contributed by atoms with E-state index in [9.17, 15) is 0 Å². The molecule has 0 radical (unpaired) electrons. The molecule has 5 nitrogen and oxygen atoms in total. The lowest BCUT2D eigenvalue weighted by atomic mass is 10.2. The van der Waals surface area contributed by atoms with Gasteiger partial charge in [0.1, 0.15) is 17.9 Å². The number of nitrogens with two attached hydrogens (primary N) is 1. The van der Waals surface area contributed by atoms with Crippen LogP contribution in [0.3, 0.4) is 0 Å². The molecule has 2 heterocycles. The van der Waals surface area contributed by atoms with E-state index in [0.29, 0.717) is 11.7 Å². The van der Waals surface area contributed by atoms with Crippen LogP contribution in [0.25, 0.3) is 10.9 Å². The number of nitrogens with zero attached hydrogens (tertiary/aromatic N) is 3. The summed E-state index contributed by atoms with van der Waals surface area (Å²) >= 11 is 1.33. The molecule has 96 valence electrons. The summed E-state index contributed by atoms with van der Waals surface area (Å²) in [7, 11) is 0. The van der Waals surface area contributed by atoms with Crippen LogP contribution < -0.4 is 10.5 Å². The van der Waals surface area contributed by atoms with Crippen LogP contribution >= 0.6 is 11.3 Å². The maximum absolute atomic E-state index is 5.76. The van der Waals surface area contributed by atoms with Crippen LogP contribution in [-0.4, -0.2) is 15.2 Å². The van der Waals surface area contributed by atoms with Crippen molar-refractivity contribution in [3.05, 3.63) is 41.0 Å². The van der Waals surface area contributed by atoms with Gasteiger partial charge in [0.05, 0.1) is 0 Å². The Morgan fingerprint density at radius 2 is 2.11 bits per heavy atom. The van der Waals surface area contributed by atoms with Gasteiger partial charge in [-0.05, 0) is 19.1 Å². The van der Waals surface area contributed by atoms with Crippen LogP contribution in [0.5, 0.6) is 5.75 Å². The Morgan fingerprint density at radius 1 is 1.21 bits per heavy atom. The second-order valence-electron chi connectivity index (χ2n) is 4.10. The molecule has 1 aromatic carbocycles. The molecule has 3 rings (SSSR count). The van der Waals surface area contributed by atoms with Crippen molar-refractivity contribution in [2.75, 3.05) is 5.73 Å². The van der Waals surface area contributed by atoms with Crippen LogP contribution in [0.4, 0.5) is 5.13 Å². The monoisotopic (exact) mass is 272 g/mol. The number of para-hydroxylation sites is 1. The van der Waals surface area contributed by atoms with Gasteiger partial charge in [0.15, 0.2) is 5.01 Å². The van der Waals surface area contributed by atoms with Gasteiger partial charge in [-0.25, -0.2) is 4.98 Å². The van der Waals surface area contributed by atoms with E-state index in [1.807, 2.05) is 37.3 Å². The summed E-state index contributed by atoms with van der Waals surface area (Å²) in [6.07, 6.45) is 0. The predicted octanol–water partition coefficient (Wildman–Crippen LogP) is 2.56. The highest BCUT2D eigenvalue weighted by molar-refractivity contribution is 7.15. The van der Waals surface area contributed by atoms with Crippen molar-refractivity contribution in [3.63, 3.8) is 0 Å². The molecular formula is C13H12N4OS. The third-order valence-corrected chi connectivity index (χ3v) is 3.38. The SMILES string of the molecule is Cc1ccc2cccc(OCc3nnc(N)s3)c2n1. The summed E-state index contributed by atoms with van der Waals surface area (Å²) in [6, 6.07) is 9.88. The second-order valence-corrected chi connectivity index (χ2v) is 5.20. The van der Waals surface area contributed by atoms with E-state index in [-0.39, 0.29) is 0 Å². The minimum atomic E-state index is 0.351. The summed E-state index contributed by atoms with van der Waals surface area (Å²) in [5.74, 6) is 0.745. The van der Waals surface area contributed by atoms with Crippen molar-refractivity contribution in [3.8, 4) is 5.75 Å². The van der Waals surface area contributed by atoms with E-state index in [2.05, 4.69) is 15.2 Å². The fraction of sp³-hybridized carbons (Fsp3) is 0.154. The molecule has 0 spiro atoms. The minimum absolute atomic E-state index is 0.351. The van der Waals surface area contributed by atoms with E-state index in [4.69, 9.17) is 10.5 Å². The molecule has 19 heavy (non-hydrogen) atoms. The maximum Gasteiger partial charge on any atom is 0.203 e. The molecule has 0 bridgehead atoms. The van der Waals surface area contributed by atoms with Crippen molar-refractivity contribution in [1.82, 2.24) is 15.2 Å². The van der Waals surface area contributed by atoms with Gasteiger partial charge in [0.2, 0.25) is 5.13 Å². The van der Waals surface area contributed by atoms with Gasteiger partial charge in [0, 0.05) is 11.1 Å². The largest absolute Gasteiger partial charge is 0.484 e. The molecule has 0 aliphatic heterocycles. The van der Waals surface area contributed by atoms with Gasteiger partial charge in [-0.3, -0.25) is 0 Å². The van der Waals surface area contributed by atoms with Crippen molar-refractivity contribution in [2.45, 2.75) is 13.5 Å². The molecule has 0 saturated carbocycles. The third kappa shape index (κ3) is 2.48. The Bertz CT molecular complexity index is 725. The van der Waals surface area contributed by atoms with Crippen molar-refractivity contribution in [1.29, 1.82) is 0 Å². The molecular weight excluding hydrogens is 260 g/mol. The molecule has 3 aromatic rings. The summed E-state index contributed by atoms with van der Waals surface area (Å²) in [5.41, 5.74) is 7.36. The molecule has 0 fully saturated rings. The molecule has 0 aliphatic rings. The van der Waals surface area contributed by atoms with Gasteiger partial charge >= 0.3 is 0 Å². The normalized spacial score (nSPS) is 10.8. The van der Waals surface area contributed by atoms with E-state index in [1.54, 1.807) is 0 Å². The number of pyridine rings is 1. The van der Waals surface area contributed by atoms with Gasteiger partial charge in [-0.15, -0.1) is 10.2 Å². The number of fused-ring (bicyclic) bond motifs is 1. The van der Waals surface area contributed by atoms with E-state index < -0.39 is 0 Å². The smallest absolute Gasteiger partial charge is 0.203 e. The quantitative estimate of drug-likeness (QED) is 0.793. The molecule has 0 aliphatic carbocycles. The summed E-state index contributed by atoms with van der Waals surface area (Å²) in [6.45, 7) is 2.31. The van der Waals surface area contributed by atoms with Crippen molar-refractivity contribution in [2.24, 2.45) is 0 Å². The zero-order valence-electron chi connectivity index (χ0n) is 10.3. The Labute approximate surface area is 114 Å². The molecule has 2 N–H and O–H groups in total. The average Bonchev–Trinajstić information content (AvgIpc) is 2.82. The first kappa shape index (κ1) is 11.9. The maximum atomic E-state index is 5.76. The molecule has 2 aromatic heterocycles. The zero-order valence-corrected chi connectivity index (χ0v) is 11.1. The Morgan fingerprint density at radius 3 is 2.89 bits per heavy atom. The molecule has 0 unspecified atom stereocenters. The number of rotatable bonds is 3. The highest BCUT2D eigenvalue weighted by Crippen LogP contribution is 2.25. The van der Waals surface area contributed by atoms with Crippen LogP contribution in [0, 0.1) is 6.92 Å². The van der Waals surface area contributed by atoms with Gasteiger partial charge in [0.25, 0.3) is 0 Å². The third-order valence-electron chi connectivity index (χ3n) is 2.66. The summed E-state index contributed by atoms with van der Waals surface area (Å²) in [4.78, 5) is 4.51. The highest BCUT2D eigenvalue weighted by Gasteiger charge is 2.06. The van der Waals surface area contributed by atoms with Crippen LogP contribution in [0.15, 0.2) is 30.3 Å². The summed E-state index contributed by atoms with van der Waals surface area (Å²) < 4.78 is 5.76. The Hall–Kier alpha value is -2.21. The topological polar surface area (TPSA) is 73.9 Å². The lowest BCUT2D eigenvalue weighted by Crippen LogP contribution is -1.96. The van der Waals surface area contributed by atoms with Crippen molar-refractivity contribution < 1.29 is 4.74 Å². The number of aryl methyl sites for hydroxylation is 1. The molecule has 6 heteroatoms. The summed E-state index contributed by atoms with van der Waals surface area (Å²) in [5, 5.41) is 9.94. The lowest BCUT2D eigenvalue weighted by molar-refractivity contribution is 0.307. The minimum Gasteiger partial charge on any atom is -0.484 e. The number of aromatic nitrogens is 3. The highest BCUT2D eigenvalue weighted by atomic mass is 32.1. The predicted molar refractivity (Wildman–Crippen MR) is 75.1 cm³/mol. The fourth-order valence-corrected chi connectivity index (χ4v) is 2.32. The number of hydrogen-bond donors (Lipinski definition) is 1. The number of ether oxygens (including phenoxy) is 1. The Balaban J connectivity index is 1.90. The first-order valence-corrected chi connectivity index (χ1v) is 6.61. The molecule has 0 amide bonds. The van der Waals surface area contributed by atoms with Gasteiger partial charge < -0.3 is 10.5 Å². The standard InChI is InChI=1S/C13H12N4OS/c1-8-5-6-9-3-2-4-10(12(9)15-8)18-7-11-16-17-13(14)19-11/h2-6H,7H2,1H3,(H2,14,17). The second kappa shape index (κ2) is 4.81. The number of benzene rings is 1. The first-order valence-electron chi connectivity index (χ1n) is 5.79. The first-order chi connectivity index (χ1) is 9.22. The molecule has 0 saturated heterocycles. The van der Waals surface area contributed by atoms with E-state index in [0.717, 1.165) is 27.4 Å². The van der Waals surface area contributed by atoms with Crippen LogP contribution in [0.2, 0.25) is 0 Å². The van der Waals surface area contributed by atoms with Gasteiger partial charge in [-0.1, -0.05) is 29.5 Å². The van der Waals surface area contributed by atoms with E-state index in [1.165, 1.54) is 11.3 Å². The fourth-order valence-electron chi connectivity index (χ4n) is 1.80. The number of hydrogen-bond acceptors (Lipinski definition) is 6. The number of anilines is 1. The number of nitrogen functional groups attached to an aromatic ring is 1. The van der Waals surface area contributed by atoms with Crippen LogP contribution in [-0.2, 0) is 6.61 Å². The lowest BCUT2D eigenvalue weighted by Gasteiger charge is -2.07. The van der Waals surface area contributed by atoms with Crippen LogP contribution in [0.1, 0.15) is 10.7 Å². The molecule has 0 atom stereocenters. The van der Waals surface area contributed by atoms with E-state index >= 15 is 0 Å². The Kier molecular flexibility index (Phi) is 3.00.